The molecular formula is C28H35ClN4O2. The van der Waals surface area contributed by atoms with Gasteiger partial charge in [-0.05, 0) is 56.6 Å². The second-order valence-electron chi connectivity index (χ2n) is 10.5. The van der Waals surface area contributed by atoms with E-state index in [-0.39, 0.29) is 0 Å². The van der Waals surface area contributed by atoms with Crippen LogP contribution in [-0.2, 0) is 0 Å². The number of fused-ring (bicyclic) bond motifs is 3. The van der Waals surface area contributed by atoms with Crippen molar-refractivity contribution in [3.63, 3.8) is 0 Å². The molecule has 7 heteroatoms. The largest absolute Gasteiger partial charge is 0.496 e. The fraction of sp³-hybridized carbons (Fsp3) is 0.536. The number of pyridine rings is 1. The number of aromatic nitrogens is 2. The molecule has 4 heterocycles. The van der Waals surface area contributed by atoms with Gasteiger partial charge in [-0.1, -0.05) is 24.4 Å². The van der Waals surface area contributed by atoms with Gasteiger partial charge in [-0.25, -0.2) is 4.98 Å². The van der Waals surface area contributed by atoms with Gasteiger partial charge in [-0.2, -0.15) is 0 Å². The van der Waals surface area contributed by atoms with Gasteiger partial charge < -0.3 is 19.2 Å². The van der Waals surface area contributed by atoms with Crippen LogP contribution in [0.15, 0.2) is 36.7 Å². The summed E-state index contributed by atoms with van der Waals surface area (Å²) in [6, 6.07) is 10.0. The zero-order chi connectivity index (χ0) is 23.9. The van der Waals surface area contributed by atoms with Gasteiger partial charge in [0.1, 0.15) is 17.1 Å². The highest BCUT2D eigenvalue weighted by Gasteiger charge is 2.41. The first-order chi connectivity index (χ1) is 17.1. The van der Waals surface area contributed by atoms with Gasteiger partial charge in [0.05, 0.1) is 24.9 Å². The van der Waals surface area contributed by atoms with Crippen molar-refractivity contribution in [1.29, 1.82) is 0 Å². The number of benzene rings is 1. The number of piperidine rings is 1. The molecule has 3 fully saturated rings. The van der Waals surface area contributed by atoms with Crippen molar-refractivity contribution < 1.29 is 9.47 Å². The highest BCUT2D eigenvalue weighted by molar-refractivity contribution is 6.32. The molecule has 35 heavy (non-hydrogen) atoms. The lowest BCUT2D eigenvalue weighted by atomic mass is 9.95. The Morgan fingerprint density at radius 3 is 2.46 bits per heavy atom. The highest BCUT2D eigenvalue weighted by Crippen LogP contribution is 2.40. The standard InChI is InChI=1S/C28H35ClN4O2/c1-34-26-15-27(35-2)24(29)14-23(26)25-17-32-10-9-19(13-28(32)31-25)30-20-11-21-7-8-22(12-20)33(21)16-18-5-3-4-6-18/h9-10,13-15,17-18,20-22,30H,3-8,11-12,16H2,1-2H3/t20?,21-,22?/m1/s1. The predicted octanol–water partition coefficient (Wildman–Crippen LogP) is 6.27. The molecule has 1 saturated carbocycles. The van der Waals surface area contributed by atoms with Crippen molar-refractivity contribution in [1.82, 2.24) is 14.3 Å². The molecule has 2 bridgehead atoms. The summed E-state index contributed by atoms with van der Waals surface area (Å²) in [7, 11) is 3.25. The number of nitrogens with one attached hydrogen (secondary N) is 1. The first kappa shape index (κ1) is 23.0. The van der Waals surface area contributed by atoms with Crippen LogP contribution in [0.5, 0.6) is 11.5 Å². The molecule has 186 valence electrons. The second kappa shape index (κ2) is 9.55. The molecule has 0 amide bonds. The van der Waals surface area contributed by atoms with E-state index < -0.39 is 0 Å². The summed E-state index contributed by atoms with van der Waals surface area (Å²) in [5.74, 6) is 2.22. The fourth-order valence-corrected chi connectivity index (χ4v) is 6.92. The van der Waals surface area contributed by atoms with Crippen LogP contribution in [0.3, 0.4) is 0 Å². The Bertz CT molecular complexity index is 1190. The molecule has 6 rings (SSSR count). The molecule has 1 aliphatic carbocycles. The van der Waals surface area contributed by atoms with E-state index in [2.05, 4.69) is 28.5 Å². The topological polar surface area (TPSA) is 51.0 Å². The number of halogens is 1. The van der Waals surface area contributed by atoms with E-state index in [1.165, 1.54) is 57.9 Å². The zero-order valence-electron chi connectivity index (χ0n) is 20.7. The van der Waals surface area contributed by atoms with Gasteiger partial charge in [0.2, 0.25) is 0 Å². The summed E-state index contributed by atoms with van der Waals surface area (Å²) in [4.78, 5) is 7.76. The maximum atomic E-state index is 6.40. The fourth-order valence-electron chi connectivity index (χ4n) is 6.68. The van der Waals surface area contributed by atoms with Crippen LogP contribution in [-0.4, -0.2) is 53.2 Å². The summed E-state index contributed by atoms with van der Waals surface area (Å²) >= 11 is 6.40. The normalized spacial score (nSPS) is 24.8. The third-order valence-electron chi connectivity index (χ3n) is 8.41. The van der Waals surface area contributed by atoms with Crippen molar-refractivity contribution in [2.45, 2.75) is 69.5 Å². The van der Waals surface area contributed by atoms with E-state index in [4.69, 9.17) is 26.1 Å². The van der Waals surface area contributed by atoms with Crippen molar-refractivity contribution >= 4 is 22.9 Å². The van der Waals surface area contributed by atoms with E-state index in [0.717, 1.165) is 40.6 Å². The van der Waals surface area contributed by atoms with Crippen LogP contribution in [0, 0.1) is 5.92 Å². The van der Waals surface area contributed by atoms with Crippen LogP contribution < -0.4 is 14.8 Å². The molecule has 0 radical (unpaired) electrons. The maximum Gasteiger partial charge on any atom is 0.141 e. The number of methoxy groups -OCH3 is 2. The molecule has 2 unspecified atom stereocenters. The summed E-state index contributed by atoms with van der Waals surface area (Å²) in [6.45, 7) is 1.34. The smallest absolute Gasteiger partial charge is 0.141 e. The first-order valence-corrected chi connectivity index (χ1v) is 13.4. The first-order valence-electron chi connectivity index (χ1n) is 13.0. The molecular weight excluding hydrogens is 460 g/mol. The third kappa shape index (κ3) is 4.47. The maximum absolute atomic E-state index is 6.40. The summed E-state index contributed by atoms with van der Waals surface area (Å²) in [5.41, 5.74) is 3.72. The van der Waals surface area contributed by atoms with Crippen molar-refractivity contribution in [3.05, 3.63) is 41.7 Å². The van der Waals surface area contributed by atoms with E-state index in [1.54, 1.807) is 14.2 Å². The number of rotatable bonds is 7. The lowest BCUT2D eigenvalue weighted by Gasteiger charge is -2.40. The lowest BCUT2D eigenvalue weighted by molar-refractivity contribution is 0.112. The highest BCUT2D eigenvalue weighted by atomic mass is 35.5. The van der Waals surface area contributed by atoms with Crippen LogP contribution in [0.1, 0.15) is 51.4 Å². The van der Waals surface area contributed by atoms with Crippen molar-refractivity contribution in [3.8, 4) is 22.8 Å². The SMILES string of the molecule is COc1cc(OC)c(-c2cn3ccc(NC4CC5CC[C@H](C4)N5CC4CCCC4)cc3n2)cc1Cl. The molecule has 6 nitrogen and oxygen atoms in total. The molecule has 0 spiro atoms. The van der Waals surface area contributed by atoms with Gasteiger partial charge in [0.25, 0.3) is 0 Å². The van der Waals surface area contributed by atoms with Crippen LogP contribution in [0.25, 0.3) is 16.9 Å². The van der Waals surface area contributed by atoms with Crippen LogP contribution >= 0.6 is 11.6 Å². The predicted molar refractivity (Wildman–Crippen MR) is 141 cm³/mol. The molecule has 1 N–H and O–H groups in total. The number of hydrogen-bond acceptors (Lipinski definition) is 5. The van der Waals surface area contributed by atoms with Gasteiger partial charge in [-0.15, -0.1) is 0 Å². The Morgan fingerprint density at radius 2 is 1.74 bits per heavy atom. The number of hydrogen-bond donors (Lipinski definition) is 1. The Morgan fingerprint density at radius 1 is 1.00 bits per heavy atom. The Hall–Kier alpha value is -2.44. The molecule has 1 aromatic carbocycles. The Balaban J connectivity index is 1.18. The van der Waals surface area contributed by atoms with E-state index in [0.29, 0.717) is 22.6 Å². The summed E-state index contributed by atoms with van der Waals surface area (Å²) in [6.07, 6.45) is 15.1. The zero-order valence-corrected chi connectivity index (χ0v) is 21.4. The average Bonchev–Trinajstić information content (AvgIpc) is 3.58. The molecule has 3 aromatic rings. The van der Waals surface area contributed by atoms with Crippen molar-refractivity contribution in [2.24, 2.45) is 5.92 Å². The molecule has 3 aliphatic rings. The van der Waals surface area contributed by atoms with Gasteiger partial charge >= 0.3 is 0 Å². The minimum Gasteiger partial charge on any atom is -0.496 e. The molecule has 2 aliphatic heterocycles. The molecule has 2 saturated heterocycles. The quantitative estimate of drug-likeness (QED) is 0.419. The second-order valence-corrected chi connectivity index (χ2v) is 10.9. The minimum absolute atomic E-state index is 0.532. The van der Waals surface area contributed by atoms with E-state index >= 15 is 0 Å². The minimum atomic E-state index is 0.532. The molecule has 3 atom stereocenters. The summed E-state index contributed by atoms with van der Waals surface area (Å²) in [5, 5.41) is 4.38. The number of ether oxygens (including phenoxy) is 2. The number of imidazole rings is 1. The van der Waals surface area contributed by atoms with Crippen LogP contribution in [0.4, 0.5) is 5.69 Å². The monoisotopic (exact) mass is 494 g/mol. The number of anilines is 1. The van der Waals surface area contributed by atoms with Gasteiger partial charge in [-0.3, -0.25) is 4.90 Å². The van der Waals surface area contributed by atoms with E-state index in [9.17, 15) is 0 Å². The average molecular weight is 495 g/mol. The van der Waals surface area contributed by atoms with Gasteiger partial charge in [0.15, 0.2) is 0 Å². The Labute approximate surface area is 212 Å². The molecule has 2 aromatic heterocycles. The van der Waals surface area contributed by atoms with E-state index in [1.807, 2.05) is 22.7 Å². The lowest BCUT2D eigenvalue weighted by Crippen LogP contribution is -2.48. The van der Waals surface area contributed by atoms with Gasteiger partial charge in [0, 0.05) is 60.4 Å². The number of nitrogens with zero attached hydrogens (tertiary/aromatic N) is 3. The summed E-state index contributed by atoms with van der Waals surface area (Å²) < 4.78 is 13.0. The van der Waals surface area contributed by atoms with Crippen LogP contribution in [0.2, 0.25) is 5.02 Å². The third-order valence-corrected chi connectivity index (χ3v) is 8.70. The van der Waals surface area contributed by atoms with Crippen molar-refractivity contribution in [2.75, 3.05) is 26.1 Å². The Kier molecular flexibility index (Phi) is 6.27.